The Kier molecular flexibility index (Phi) is 8.94. The number of nitrogens with one attached hydrogen (secondary N) is 2. The predicted octanol–water partition coefficient (Wildman–Crippen LogP) is 7.67. The van der Waals surface area contributed by atoms with Crippen LogP contribution in [0.2, 0.25) is 10.0 Å². The summed E-state index contributed by atoms with van der Waals surface area (Å²) < 4.78 is 31.1. The van der Waals surface area contributed by atoms with E-state index in [0.29, 0.717) is 44.5 Å². The summed E-state index contributed by atoms with van der Waals surface area (Å²) in [5.74, 6) is -1.04. The Bertz CT molecular complexity index is 1870. The van der Waals surface area contributed by atoms with Gasteiger partial charge in [-0.2, -0.15) is 5.10 Å². The van der Waals surface area contributed by atoms with Crippen LogP contribution in [-0.4, -0.2) is 36.8 Å². The quantitative estimate of drug-likeness (QED) is 0.0762. The third-order valence-corrected chi connectivity index (χ3v) is 6.95. The van der Waals surface area contributed by atoms with Crippen LogP contribution < -0.4 is 19.6 Å². The zero-order chi connectivity index (χ0) is 30.5. The van der Waals surface area contributed by atoms with Crippen molar-refractivity contribution in [2.24, 2.45) is 5.10 Å². The number of nitrogens with zero attached hydrogens (tertiary/aromatic N) is 1. The minimum absolute atomic E-state index is 0.0964. The number of H-pyrrole nitrogens is 1. The van der Waals surface area contributed by atoms with Crippen LogP contribution in [0.3, 0.4) is 0 Å². The molecule has 0 saturated carbocycles. The molecule has 0 atom stereocenters. The van der Waals surface area contributed by atoms with Crippen molar-refractivity contribution < 1.29 is 28.2 Å². The summed E-state index contributed by atoms with van der Waals surface area (Å²) in [4.78, 5) is 29.0. The fraction of sp³-hybridized carbons (Fsp3) is 0.0938. The van der Waals surface area contributed by atoms with E-state index in [1.54, 1.807) is 73.7 Å². The number of carbonyl (C=O) groups is 2. The molecule has 0 unspecified atom stereocenters. The molecule has 0 saturated heterocycles. The van der Waals surface area contributed by atoms with Gasteiger partial charge in [0.2, 0.25) is 0 Å². The van der Waals surface area contributed by atoms with Crippen LogP contribution in [0.15, 0.2) is 84.0 Å². The van der Waals surface area contributed by atoms with Crippen molar-refractivity contribution in [3.05, 3.63) is 112 Å². The molecule has 1 aromatic heterocycles. The number of aromatic nitrogens is 1. The van der Waals surface area contributed by atoms with Crippen molar-refractivity contribution in [2.75, 3.05) is 13.7 Å². The monoisotopic (exact) mass is 619 g/mol. The molecular weight excluding hydrogens is 596 g/mol. The first-order valence-corrected chi connectivity index (χ1v) is 13.8. The van der Waals surface area contributed by atoms with Gasteiger partial charge in [-0.15, -0.1) is 0 Å². The number of benzene rings is 4. The van der Waals surface area contributed by atoms with Gasteiger partial charge in [0.25, 0.3) is 5.91 Å². The summed E-state index contributed by atoms with van der Waals surface area (Å²) >= 11 is 12.5. The number of hydrogen-bond acceptors (Lipinski definition) is 6. The summed E-state index contributed by atoms with van der Waals surface area (Å²) in [5, 5.41) is 5.33. The normalized spacial score (nSPS) is 11.1. The van der Waals surface area contributed by atoms with E-state index in [-0.39, 0.29) is 28.3 Å². The molecule has 5 rings (SSSR count). The molecule has 8 nitrogen and oxygen atoms in total. The average molecular weight is 620 g/mol. The number of methoxy groups -OCH3 is 1. The lowest BCUT2D eigenvalue weighted by molar-refractivity contribution is 0.0724. The molecule has 2 N–H and O–H groups in total. The van der Waals surface area contributed by atoms with Crippen molar-refractivity contribution in [1.82, 2.24) is 10.4 Å². The molecule has 4 aromatic carbocycles. The number of para-hydroxylation sites is 1. The average Bonchev–Trinajstić information content (AvgIpc) is 3.39. The van der Waals surface area contributed by atoms with Gasteiger partial charge in [-0.25, -0.2) is 14.6 Å². The smallest absolute Gasteiger partial charge is 0.347 e. The first-order valence-electron chi connectivity index (χ1n) is 13.0. The maximum absolute atomic E-state index is 14.6. The second-order valence-electron chi connectivity index (χ2n) is 9.09. The minimum atomic E-state index is -0.682. The van der Waals surface area contributed by atoms with Crippen molar-refractivity contribution >= 4 is 52.2 Å². The summed E-state index contributed by atoms with van der Waals surface area (Å²) in [6.45, 7) is 2.08. The third-order valence-electron chi connectivity index (χ3n) is 6.38. The first-order chi connectivity index (χ1) is 20.8. The van der Waals surface area contributed by atoms with Gasteiger partial charge >= 0.3 is 5.97 Å². The van der Waals surface area contributed by atoms with Crippen LogP contribution in [0, 0.1) is 5.82 Å². The van der Waals surface area contributed by atoms with E-state index in [9.17, 15) is 14.0 Å². The maximum atomic E-state index is 14.6. The number of carbonyl (C=O) groups excluding carboxylic acids is 2. The van der Waals surface area contributed by atoms with E-state index in [1.807, 2.05) is 0 Å². The fourth-order valence-corrected chi connectivity index (χ4v) is 4.87. The molecular formula is C32H24Cl2FN3O5. The van der Waals surface area contributed by atoms with E-state index in [4.69, 9.17) is 37.4 Å². The van der Waals surface area contributed by atoms with Gasteiger partial charge in [0.1, 0.15) is 22.8 Å². The van der Waals surface area contributed by atoms with E-state index < -0.39 is 17.7 Å². The van der Waals surface area contributed by atoms with Crippen LogP contribution in [0.4, 0.5) is 4.39 Å². The Labute approximate surface area is 256 Å². The zero-order valence-corrected chi connectivity index (χ0v) is 24.4. The van der Waals surface area contributed by atoms with Gasteiger partial charge in [0.15, 0.2) is 11.5 Å². The molecule has 1 heterocycles. The Morgan fingerprint density at radius 2 is 1.77 bits per heavy atom. The van der Waals surface area contributed by atoms with Crippen LogP contribution in [0.1, 0.15) is 33.3 Å². The van der Waals surface area contributed by atoms with Crippen LogP contribution in [0.5, 0.6) is 17.2 Å². The predicted molar refractivity (Wildman–Crippen MR) is 164 cm³/mol. The Morgan fingerprint density at radius 1 is 0.977 bits per heavy atom. The highest BCUT2D eigenvalue weighted by Gasteiger charge is 2.22. The topological polar surface area (TPSA) is 102 Å². The van der Waals surface area contributed by atoms with E-state index in [2.05, 4.69) is 15.5 Å². The van der Waals surface area contributed by atoms with Crippen molar-refractivity contribution in [1.29, 1.82) is 0 Å². The summed E-state index contributed by atoms with van der Waals surface area (Å²) in [6, 6.07) is 21.0. The van der Waals surface area contributed by atoms with E-state index >= 15 is 0 Å². The molecule has 0 bridgehead atoms. The number of fused-ring (bicyclic) bond motifs is 1. The number of halogens is 3. The molecule has 0 aliphatic rings. The standard InChI is InChI=1S/C32H24Cl2FN3O5/c1-3-42-27-15-18(11-13-26(27)43-32(40)22-16-19(33)12-14-25(22)41-2)17-36-38-31(39)30-28(20-7-4-5-9-23(20)34)21-8-6-10-24(35)29(21)37-30/h4-17,37H,3H2,1-2H3,(H,38,39). The Balaban J connectivity index is 1.38. The molecule has 5 aromatic rings. The molecule has 0 aliphatic heterocycles. The van der Waals surface area contributed by atoms with Gasteiger partial charge in [-0.3, -0.25) is 4.79 Å². The molecule has 0 fully saturated rings. The highest BCUT2D eigenvalue weighted by molar-refractivity contribution is 6.34. The van der Waals surface area contributed by atoms with Crippen molar-refractivity contribution in [3.8, 4) is 28.4 Å². The number of hydrazone groups is 1. The summed E-state index contributed by atoms with van der Waals surface area (Å²) in [5.41, 5.74) is 4.46. The highest BCUT2D eigenvalue weighted by Crippen LogP contribution is 2.37. The fourth-order valence-electron chi connectivity index (χ4n) is 4.47. The number of ether oxygens (including phenoxy) is 3. The Hall–Kier alpha value is -4.86. The zero-order valence-electron chi connectivity index (χ0n) is 22.9. The molecule has 218 valence electrons. The molecule has 0 radical (unpaired) electrons. The maximum Gasteiger partial charge on any atom is 0.347 e. The van der Waals surface area contributed by atoms with Crippen LogP contribution in [-0.2, 0) is 0 Å². The lowest BCUT2D eigenvalue weighted by atomic mass is 10.0. The first kappa shape index (κ1) is 29.6. The van der Waals surface area contributed by atoms with Gasteiger partial charge in [0.05, 0.1) is 25.4 Å². The second kappa shape index (κ2) is 13.0. The van der Waals surface area contributed by atoms with Crippen LogP contribution in [0.25, 0.3) is 22.0 Å². The lowest BCUT2D eigenvalue weighted by Gasteiger charge is -2.13. The second-order valence-corrected chi connectivity index (χ2v) is 9.93. The highest BCUT2D eigenvalue weighted by atomic mass is 35.5. The van der Waals surface area contributed by atoms with Crippen LogP contribution >= 0.6 is 23.2 Å². The number of rotatable bonds is 9. The molecule has 0 spiro atoms. The van der Waals surface area contributed by atoms with Gasteiger partial charge in [-0.1, -0.05) is 53.5 Å². The largest absolute Gasteiger partial charge is 0.496 e. The Morgan fingerprint density at radius 3 is 2.53 bits per heavy atom. The van der Waals surface area contributed by atoms with Gasteiger partial charge < -0.3 is 19.2 Å². The number of amides is 1. The summed E-state index contributed by atoms with van der Waals surface area (Å²) in [7, 11) is 1.44. The molecule has 1 amide bonds. The lowest BCUT2D eigenvalue weighted by Crippen LogP contribution is -2.19. The molecule has 11 heteroatoms. The van der Waals surface area contributed by atoms with Gasteiger partial charge in [0, 0.05) is 26.6 Å². The molecule has 0 aliphatic carbocycles. The minimum Gasteiger partial charge on any atom is -0.496 e. The molecule has 43 heavy (non-hydrogen) atoms. The third kappa shape index (κ3) is 6.33. The SMILES string of the molecule is CCOc1cc(C=NNC(=O)c2[nH]c3c(F)cccc3c2-c2ccccc2Cl)ccc1OC(=O)c1cc(Cl)ccc1OC. The number of aromatic amines is 1. The van der Waals surface area contributed by atoms with Crippen molar-refractivity contribution in [3.63, 3.8) is 0 Å². The van der Waals surface area contributed by atoms with E-state index in [0.717, 1.165) is 0 Å². The number of hydrogen-bond donors (Lipinski definition) is 2. The van der Waals surface area contributed by atoms with Crippen molar-refractivity contribution in [2.45, 2.75) is 6.92 Å². The summed E-state index contributed by atoms with van der Waals surface area (Å²) in [6.07, 6.45) is 1.39. The van der Waals surface area contributed by atoms with Gasteiger partial charge in [-0.05, 0) is 61.0 Å². The number of esters is 1. The van der Waals surface area contributed by atoms with E-state index in [1.165, 1.54) is 25.5 Å².